The maximum Gasteiger partial charge on any atom is 0.152 e. The summed E-state index contributed by atoms with van der Waals surface area (Å²) in [6.07, 6.45) is 1.77. The number of nitrogens with one attached hydrogen (secondary N) is 1. The van der Waals surface area contributed by atoms with Crippen LogP contribution in [0.1, 0.15) is 13.8 Å². The zero-order chi connectivity index (χ0) is 11.1. The highest BCUT2D eigenvalue weighted by Gasteiger charge is 2.09. The van der Waals surface area contributed by atoms with Crippen LogP contribution >= 0.6 is 12.4 Å². The summed E-state index contributed by atoms with van der Waals surface area (Å²) in [5, 5.41) is 12.2. The van der Waals surface area contributed by atoms with Gasteiger partial charge < -0.3 is 15.3 Å². The highest BCUT2D eigenvalue weighted by Crippen LogP contribution is 2.21. The molecule has 0 radical (unpaired) electrons. The van der Waals surface area contributed by atoms with Gasteiger partial charge in [-0.2, -0.15) is 0 Å². The fraction of sp³-hybridized carbons (Fsp3) is 0.545. The molecule has 0 saturated carbocycles. The van der Waals surface area contributed by atoms with E-state index < -0.39 is 0 Å². The van der Waals surface area contributed by atoms with Crippen molar-refractivity contribution in [3.63, 3.8) is 0 Å². The summed E-state index contributed by atoms with van der Waals surface area (Å²) in [6, 6.07) is 3.92. The van der Waals surface area contributed by atoms with Gasteiger partial charge in [0.25, 0.3) is 0 Å². The largest absolute Gasteiger partial charge is 0.395 e. The molecule has 0 aliphatic carbocycles. The van der Waals surface area contributed by atoms with Crippen LogP contribution in [-0.2, 0) is 0 Å². The van der Waals surface area contributed by atoms with Crippen LogP contribution in [-0.4, -0.2) is 36.3 Å². The summed E-state index contributed by atoms with van der Waals surface area (Å²) in [5.41, 5.74) is 1.02. The Bertz CT molecular complexity index is 296. The molecule has 0 aliphatic rings. The van der Waals surface area contributed by atoms with Crippen LogP contribution in [0.5, 0.6) is 0 Å². The van der Waals surface area contributed by atoms with E-state index in [9.17, 15) is 0 Å². The number of likely N-dealkylation sites (N-methyl/N-ethyl adjacent to an activating group) is 1. The molecule has 5 heteroatoms. The van der Waals surface area contributed by atoms with Gasteiger partial charge in [-0.1, -0.05) is 0 Å². The van der Waals surface area contributed by atoms with Crippen molar-refractivity contribution in [2.75, 3.05) is 36.5 Å². The minimum Gasteiger partial charge on any atom is -0.395 e. The number of hydrogen-bond donors (Lipinski definition) is 2. The second-order valence-corrected chi connectivity index (χ2v) is 3.21. The van der Waals surface area contributed by atoms with E-state index in [1.54, 1.807) is 6.20 Å². The van der Waals surface area contributed by atoms with Gasteiger partial charge in [0, 0.05) is 25.8 Å². The molecular weight excluding hydrogens is 226 g/mol. The summed E-state index contributed by atoms with van der Waals surface area (Å²) >= 11 is 0. The fourth-order valence-electron chi connectivity index (χ4n) is 1.51. The number of aliphatic hydroxyl groups is 1. The van der Waals surface area contributed by atoms with E-state index in [0.29, 0.717) is 6.54 Å². The van der Waals surface area contributed by atoms with Crippen molar-refractivity contribution in [1.82, 2.24) is 4.98 Å². The topological polar surface area (TPSA) is 48.4 Å². The molecule has 0 amide bonds. The van der Waals surface area contributed by atoms with Crippen LogP contribution < -0.4 is 10.2 Å². The van der Waals surface area contributed by atoms with Crippen LogP contribution in [0.15, 0.2) is 18.3 Å². The van der Waals surface area contributed by atoms with E-state index in [1.165, 1.54) is 0 Å². The van der Waals surface area contributed by atoms with Gasteiger partial charge in [0.15, 0.2) is 5.82 Å². The molecule has 0 bridgehead atoms. The van der Waals surface area contributed by atoms with Gasteiger partial charge in [-0.15, -0.1) is 12.4 Å². The van der Waals surface area contributed by atoms with Gasteiger partial charge >= 0.3 is 0 Å². The molecule has 1 heterocycles. The summed E-state index contributed by atoms with van der Waals surface area (Å²) in [5.74, 6) is 0.913. The molecule has 0 atom stereocenters. The Morgan fingerprint density at radius 1 is 1.44 bits per heavy atom. The number of hydrogen-bond acceptors (Lipinski definition) is 4. The van der Waals surface area contributed by atoms with E-state index in [1.807, 2.05) is 12.1 Å². The van der Waals surface area contributed by atoms with Crippen molar-refractivity contribution >= 4 is 23.9 Å². The van der Waals surface area contributed by atoms with Crippen molar-refractivity contribution in [3.8, 4) is 0 Å². The number of aromatic nitrogens is 1. The lowest BCUT2D eigenvalue weighted by Crippen LogP contribution is -2.28. The van der Waals surface area contributed by atoms with Crippen molar-refractivity contribution in [1.29, 1.82) is 0 Å². The summed E-state index contributed by atoms with van der Waals surface area (Å²) in [7, 11) is 0. The predicted octanol–water partition coefficient (Wildman–Crippen LogP) is 1.75. The third-order valence-corrected chi connectivity index (χ3v) is 2.21. The van der Waals surface area contributed by atoms with E-state index >= 15 is 0 Å². The number of aliphatic hydroxyl groups excluding tert-OH is 1. The van der Waals surface area contributed by atoms with Gasteiger partial charge in [-0.25, -0.2) is 4.98 Å². The SMILES string of the molecule is CCNc1cccnc1N(CC)CCO.Cl. The maximum absolute atomic E-state index is 8.96. The highest BCUT2D eigenvalue weighted by atomic mass is 35.5. The molecule has 0 spiro atoms. The maximum atomic E-state index is 8.96. The van der Waals surface area contributed by atoms with E-state index in [4.69, 9.17) is 5.11 Å². The van der Waals surface area contributed by atoms with Gasteiger partial charge in [-0.3, -0.25) is 0 Å². The average molecular weight is 246 g/mol. The fourth-order valence-corrected chi connectivity index (χ4v) is 1.51. The normalized spacial score (nSPS) is 9.44. The number of pyridine rings is 1. The zero-order valence-corrected chi connectivity index (χ0v) is 10.6. The monoisotopic (exact) mass is 245 g/mol. The quantitative estimate of drug-likeness (QED) is 0.802. The van der Waals surface area contributed by atoms with Gasteiger partial charge in [0.1, 0.15) is 0 Å². The molecule has 1 aromatic rings. The standard InChI is InChI=1S/C11H19N3O.ClH/c1-3-12-10-6-5-7-13-11(10)14(4-2)8-9-15;/h5-7,12,15H,3-4,8-9H2,1-2H3;1H. The van der Waals surface area contributed by atoms with Crippen LogP contribution in [0.4, 0.5) is 11.5 Å². The lowest BCUT2D eigenvalue weighted by Gasteiger charge is -2.23. The number of anilines is 2. The molecule has 16 heavy (non-hydrogen) atoms. The van der Waals surface area contributed by atoms with E-state index in [0.717, 1.165) is 24.6 Å². The smallest absolute Gasteiger partial charge is 0.152 e. The molecule has 4 nitrogen and oxygen atoms in total. The van der Waals surface area contributed by atoms with Crippen molar-refractivity contribution < 1.29 is 5.11 Å². The highest BCUT2D eigenvalue weighted by molar-refractivity contribution is 5.85. The summed E-state index contributed by atoms with van der Waals surface area (Å²) in [6.45, 7) is 6.59. The van der Waals surface area contributed by atoms with Crippen LogP contribution in [0.3, 0.4) is 0 Å². The molecule has 1 rings (SSSR count). The average Bonchev–Trinajstić information content (AvgIpc) is 2.27. The third kappa shape index (κ3) is 3.87. The minimum atomic E-state index is 0. The first-order valence-corrected chi connectivity index (χ1v) is 5.38. The Morgan fingerprint density at radius 2 is 2.19 bits per heavy atom. The predicted molar refractivity (Wildman–Crippen MR) is 70.6 cm³/mol. The summed E-state index contributed by atoms with van der Waals surface area (Å²) in [4.78, 5) is 6.39. The molecule has 0 fully saturated rings. The number of rotatable bonds is 6. The van der Waals surface area contributed by atoms with Gasteiger partial charge in [-0.05, 0) is 26.0 Å². The molecule has 2 N–H and O–H groups in total. The zero-order valence-electron chi connectivity index (χ0n) is 9.81. The Kier molecular flexibility index (Phi) is 7.68. The van der Waals surface area contributed by atoms with Crippen LogP contribution in [0.2, 0.25) is 0 Å². The molecule has 0 aromatic carbocycles. The number of nitrogens with zero attached hydrogens (tertiary/aromatic N) is 2. The van der Waals surface area contributed by atoms with Gasteiger partial charge in [0.05, 0.1) is 12.3 Å². The first kappa shape index (κ1) is 15.0. The van der Waals surface area contributed by atoms with E-state index in [2.05, 4.69) is 29.0 Å². The molecule has 1 aromatic heterocycles. The molecule has 0 saturated heterocycles. The lowest BCUT2D eigenvalue weighted by molar-refractivity contribution is 0.302. The van der Waals surface area contributed by atoms with E-state index in [-0.39, 0.29) is 19.0 Å². The van der Waals surface area contributed by atoms with Crippen molar-refractivity contribution in [2.24, 2.45) is 0 Å². The first-order valence-electron chi connectivity index (χ1n) is 5.38. The Labute approximate surface area is 103 Å². The van der Waals surface area contributed by atoms with Gasteiger partial charge in [0.2, 0.25) is 0 Å². The number of halogens is 1. The Balaban J connectivity index is 0.00000225. The second kappa shape index (κ2) is 8.19. The van der Waals surface area contributed by atoms with Crippen molar-refractivity contribution in [2.45, 2.75) is 13.8 Å². The van der Waals surface area contributed by atoms with Crippen LogP contribution in [0, 0.1) is 0 Å². The lowest BCUT2D eigenvalue weighted by atomic mass is 10.3. The Morgan fingerprint density at radius 3 is 2.75 bits per heavy atom. The molecule has 0 unspecified atom stereocenters. The van der Waals surface area contributed by atoms with Crippen LogP contribution in [0.25, 0.3) is 0 Å². The first-order chi connectivity index (χ1) is 7.33. The second-order valence-electron chi connectivity index (χ2n) is 3.21. The molecule has 0 aliphatic heterocycles. The molecule has 92 valence electrons. The third-order valence-electron chi connectivity index (χ3n) is 2.21. The summed E-state index contributed by atoms with van der Waals surface area (Å²) < 4.78 is 0. The minimum absolute atomic E-state index is 0. The molecular formula is C11H20ClN3O. The van der Waals surface area contributed by atoms with Crippen molar-refractivity contribution in [3.05, 3.63) is 18.3 Å². The Hall–Kier alpha value is -1.00.